The number of hydrogen-bond donors (Lipinski definition) is 2. The molecule has 3 rings (SSSR count). The van der Waals surface area contributed by atoms with Crippen LogP contribution in [-0.2, 0) is 22.5 Å². The highest BCUT2D eigenvalue weighted by molar-refractivity contribution is 5.84. The Morgan fingerprint density at radius 1 is 1.33 bits per heavy atom. The van der Waals surface area contributed by atoms with Crippen LogP contribution in [0.4, 0.5) is 4.79 Å². The lowest BCUT2D eigenvalue weighted by molar-refractivity contribution is -0.119. The third-order valence-electron chi connectivity index (χ3n) is 4.76. The zero-order valence-electron chi connectivity index (χ0n) is 14.3. The summed E-state index contributed by atoms with van der Waals surface area (Å²) >= 11 is 0. The van der Waals surface area contributed by atoms with Crippen molar-refractivity contribution in [1.29, 1.82) is 0 Å². The van der Waals surface area contributed by atoms with Gasteiger partial charge in [0, 0.05) is 51.3 Å². The van der Waals surface area contributed by atoms with E-state index in [1.807, 2.05) is 0 Å². The molecule has 2 N–H and O–H groups in total. The molecule has 0 spiro atoms. The quantitative estimate of drug-likeness (QED) is 0.816. The lowest BCUT2D eigenvalue weighted by Gasteiger charge is -2.26. The minimum Gasteiger partial charge on any atom is -0.381 e. The third-order valence-corrected chi connectivity index (χ3v) is 4.76. The van der Waals surface area contributed by atoms with E-state index in [1.54, 1.807) is 7.05 Å². The first-order valence-corrected chi connectivity index (χ1v) is 8.46. The molecule has 8 heteroatoms. The Bertz CT molecular complexity index is 621. The van der Waals surface area contributed by atoms with Crippen molar-refractivity contribution < 1.29 is 14.3 Å². The third kappa shape index (κ3) is 3.44. The molecule has 1 aromatic rings. The van der Waals surface area contributed by atoms with Crippen LogP contribution in [0.2, 0.25) is 0 Å². The maximum absolute atomic E-state index is 12.5. The summed E-state index contributed by atoms with van der Waals surface area (Å²) in [6.07, 6.45) is 2.66. The second-order valence-corrected chi connectivity index (χ2v) is 6.43. The Morgan fingerprint density at radius 3 is 2.79 bits per heavy atom. The highest BCUT2D eigenvalue weighted by Crippen LogP contribution is 2.32. The summed E-state index contributed by atoms with van der Waals surface area (Å²) in [6, 6.07) is -0.335. The van der Waals surface area contributed by atoms with Crippen molar-refractivity contribution in [2.45, 2.75) is 31.7 Å². The lowest BCUT2D eigenvalue weighted by atomic mass is 9.91. The van der Waals surface area contributed by atoms with Crippen molar-refractivity contribution in [3.05, 3.63) is 17.0 Å². The molecule has 0 unspecified atom stereocenters. The Balaban J connectivity index is 1.86. The standard InChI is InChI=1S/C16H25N5O3/c1-17-14(22)9-18-16(23)21-13-3-6-20(2)10-12(13)15(19-21)11-4-7-24-8-5-11/h11H,3-10H2,1-2H3,(H,17,22)(H,18,23). The van der Waals surface area contributed by atoms with E-state index in [4.69, 9.17) is 4.74 Å². The second-order valence-electron chi connectivity index (χ2n) is 6.43. The van der Waals surface area contributed by atoms with Gasteiger partial charge in [0.2, 0.25) is 5.91 Å². The van der Waals surface area contributed by atoms with Crippen molar-refractivity contribution in [2.24, 2.45) is 0 Å². The van der Waals surface area contributed by atoms with Gasteiger partial charge in [-0.1, -0.05) is 0 Å². The van der Waals surface area contributed by atoms with Gasteiger partial charge in [-0.15, -0.1) is 0 Å². The number of rotatable bonds is 3. The molecule has 0 radical (unpaired) electrons. The molecule has 0 saturated carbocycles. The average molecular weight is 335 g/mol. The predicted octanol–water partition coefficient (Wildman–Crippen LogP) is 0.0687. The minimum atomic E-state index is -0.335. The fraction of sp³-hybridized carbons (Fsp3) is 0.688. The van der Waals surface area contributed by atoms with Crippen molar-refractivity contribution >= 4 is 11.9 Å². The molecule has 24 heavy (non-hydrogen) atoms. The molecule has 2 aliphatic rings. The fourth-order valence-corrected chi connectivity index (χ4v) is 3.37. The van der Waals surface area contributed by atoms with Gasteiger partial charge in [-0.25, -0.2) is 4.79 Å². The number of likely N-dealkylation sites (N-methyl/N-ethyl adjacent to an activating group) is 2. The molecular weight excluding hydrogens is 310 g/mol. The molecule has 2 amide bonds. The average Bonchev–Trinajstić information content (AvgIpc) is 2.98. The number of nitrogens with one attached hydrogen (secondary N) is 2. The van der Waals surface area contributed by atoms with Crippen molar-refractivity contribution in [3.63, 3.8) is 0 Å². The highest BCUT2D eigenvalue weighted by atomic mass is 16.5. The first kappa shape index (κ1) is 16.9. The van der Waals surface area contributed by atoms with E-state index in [-0.39, 0.29) is 18.5 Å². The Labute approximate surface area is 141 Å². The summed E-state index contributed by atoms with van der Waals surface area (Å²) in [5.41, 5.74) is 3.17. The van der Waals surface area contributed by atoms with Crippen LogP contribution in [0.3, 0.4) is 0 Å². The highest BCUT2D eigenvalue weighted by Gasteiger charge is 2.30. The van der Waals surface area contributed by atoms with Crippen LogP contribution in [0.25, 0.3) is 0 Å². The summed E-state index contributed by atoms with van der Waals surface area (Å²) in [7, 11) is 3.63. The van der Waals surface area contributed by atoms with Gasteiger partial charge in [0.15, 0.2) is 0 Å². The molecule has 132 valence electrons. The summed E-state index contributed by atoms with van der Waals surface area (Å²) in [4.78, 5) is 26.1. The molecule has 0 aromatic carbocycles. The van der Waals surface area contributed by atoms with E-state index in [0.717, 1.165) is 57.0 Å². The van der Waals surface area contributed by atoms with Crippen LogP contribution < -0.4 is 10.6 Å². The van der Waals surface area contributed by atoms with Crippen LogP contribution in [0.1, 0.15) is 35.7 Å². The van der Waals surface area contributed by atoms with E-state index >= 15 is 0 Å². The summed E-state index contributed by atoms with van der Waals surface area (Å²) < 4.78 is 6.92. The first-order chi connectivity index (χ1) is 11.6. The van der Waals surface area contributed by atoms with Crippen LogP contribution in [-0.4, -0.2) is 67.0 Å². The summed E-state index contributed by atoms with van der Waals surface area (Å²) in [5.74, 6) is 0.112. The van der Waals surface area contributed by atoms with Gasteiger partial charge < -0.3 is 20.3 Å². The van der Waals surface area contributed by atoms with Crippen molar-refractivity contribution in [1.82, 2.24) is 25.3 Å². The molecule has 3 heterocycles. The molecule has 0 bridgehead atoms. The van der Waals surface area contributed by atoms with Gasteiger partial charge in [-0.2, -0.15) is 9.78 Å². The smallest absolute Gasteiger partial charge is 0.342 e. The zero-order chi connectivity index (χ0) is 17.1. The van der Waals surface area contributed by atoms with E-state index in [0.29, 0.717) is 5.92 Å². The van der Waals surface area contributed by atoms with Gasteiger partial charge in [-0.05, 0) is 19.9 Å². The number of ether oxygens (including phenoxy) is 1. The van der Waals surface area contributed by atoms with Gasteiger partial charge in [-0.3, -0.25) is 4.79 Å². The van der Waals surface area contributed by atoms with E-state index in [2.05, 4.69) is 27.7 Å². The number of nitrogens with zero attached hydrogens (tertiary/aromatic N) is 3. The topological polar surface area (TPSA) is 88.5 Å². The maximum atomic E-state index is 12.5. The van der Waals surface area contributed by atoms with Crippen molar-refractivity contribution in [2.75, 3.05) is 40.4 Å². The van der Waals surface area contributed by atoms with Gasteiger partial charge >= 0.3 is 6.03 Å². The predicted molar refractivity (Wildman–Crippen MR) is 87.9 cm³/mol. The monoisotopic (exact) mass is 335 g/mol. The number of hydrogen-bond acceptors (Lipinski definition) is 5. The molecule has 2 aliphatic heterocycles. The maximum Gasteiger partial charge on any atom is 0.342 e. The van der Waals surface area contributed by atoms with E-state index in [9.17, 15) is 9.59 Å². The molecule has 1 saturated heterocycles. The van der Waals surface area contributed by atoms with E-state index < -0.39 is 0 Å². The van der Waals surface area contributed by atoms with Crippen LogP contribution >= 0.6 is 0 Å². The molecule has 8 nitrogen and oxygen atoms in total. The second kappa shape index (κ2) is 7.31. The van der Waals surface area contributed by atoms with Crippen molar-refractivity contribution in [3.8, 4) is 0 Å². The number of amides is 2. The van der Waals surface area contributed by atoms with Crippen LogP contribution in [0.15, 0.2) is 0 Å². The summed E-state index contributed by atoms with van der Waals surface area (Å²) in [5, 5.41) is 9.78. The largest absolute Gasteiger partial charge is 0.381 e. The van der Waals surface area contributed by atoms with Gasteiger partial charge in [0.1, 0.15) is 0 Å². The fourth-order valence-electron chi connectivity index (χ4n) is 3.37. The molecule has 0 aliphatic carbocycles. The van der Waals surface area contributed by atoms with Gasteiger partial charge in [0.25, 0.3) is 0 Å². The molecule has 1 aromatic heterocycles. The van der Waals surface area contributed by atoms with Crippen LogP contribution in [0, 0.1) is 0 Å². The first-order valence-electron chi connectivity index (χ1n) is 8.46. The molecular formula is C16H25N5O3. The number of carbonyl (C=O) groups is 2. The normalized spacial score (nSPS) is 18.9. The summed E-state index contributed by atoms with van der Waals surface area (Å²) in [6.45, 7) is 3.14. The Morgan fingerprint density at radius 2 is 2.08 bits per heavy atom. The minimum absolute atomic E-state index is 0.0452. The molecule has 0 atom stereocenters. The number of carbonyl (C=O) groups excluding carboxylic acids is 2. The number of aromatic nitrogens is 2. The zero-order valence-corrected chi connectivity index (χ0v) is 14.3. The lowest BCUT2D eigenvalue weighted by Crippen LogP contribution is -2.39. The van der Waals surface area contributed by atoms with E-state index in [1.165, 1.54) is 10.2 Å². The molecule has 1 fully saturated rings. The SMILES string of the molecule is CNC(=O)CNC(=O)n1nc(C2CCOCC2)c2c1CCN(C)C2. The van der Waals surface area contributed by atoms with Gasteiger partial charge in [0.05, 0.1) is 17.9 Å². The Hall–Kier alpha value is -1.93. The number of fused-ring (bicyclic) bond motifs is 1. The Kier molecular flexibility index (Phi) is 5.15. The van der Waals surface area contributed by atoms with Crippen LogP contribution in [0.5, 0.6) is 0 Å².